The van der Waals surface area contributed by atoms with Gasteiger partial charge in [-0.15, -0.1) is 0 Å². The van der Waals surface area contributed by atoms with Crippen molar-refractivity contribution in [2.45, 2.75) is 68.3 Å². The molecule has 3 aliphatic heterocycles. The minimum absolute atomic E-state index is 0.0127. The number of carbonyl (C=O) groups is 1. The Morgan fingerprint density at radius 1 is 1.10 bits per heavy atom. The lowest BCUT2D eigenvalue weighted by Gasteiger charge is -2.31. The van der Waals surface area contributed by atoms with Crippen molar-refractivity contribution in [3.05, 3.63) is 60.2 Å². The standard InChI is InChI=1S/C30H40N2O9S/c1-19(2)16-32(42(35,36)22-11-9-21(37-3)10-12-22)17-24(33)23(15-20-7-5-4-6-8-20)31-30(34)41-26-18-39-29-27(26)28-25(40-29)13-14-38-28/h4-12,19,23-29,33H,13-18H2,1-3H3,(H,31,34)/t23-,24+,25+,26-,27+,28-,29-/m0/s1. The molecule has 2 N–H and O–H groups in total. The van der Waals surface area contributed by atoms with Crippen LogP contribution < -0.4 is 10.1 Å². The lowest BCUT2D eigenvalue weighted by atomic mass is 9.97. The molecule has 2 aromatic rings. The molecule has 0 unspecified atom stereocenters. The van der Waals surface area contributed by atoms with Gasteiger partial charge >= 0.3 is 6.09 Å². The van der Waals surface area contributed by atoms with Crippen LogP contribution >= 0.6 is 0 Å². The number of methoxy groups -OCH3 is 1. The number of fused-ring (bicyclic) bond motifs is 3. The molecular weight excluding hydrogens is 564 g/mol. The summed E-state index contributed by atoms with van der Waals surface area (Å²) in [5.41, 5.74) is 0.867. The van der Waals surface area contributed by atoms with Crippen molar-refractivity contribution in [3.8, 4) is 5.75 Å². The molecule has 11 nitrogen and oxygen atoms in total. The Balaban J connectivity index is 1.31. The molecule has 42 heavy (non-hydrogen) atoms. The van der Waals surface area contributed by atoms with Crippen molar-refractivity contribution < 1.29 is 42.0 Å². The molecule has 0 aliphatic carbocycles. The number of hydrogen-bond acceptors (Lipinski definition) is 9. The van der Waals surface area contributed by atoms with E-state index in [0.29, 0.717) is 12.4 Å². The molecule has 3 heterocycles. The third-order valence-electron chi connectivity index (χ3n) is 7.92. The first-order valence-electron chi connectivity index (χ1n) is 14.4. The fourth-order valence-electron chi connectivity index (χ4n) is 5.85. The monoisotopic (exact) mass is 604 g/mol. The van der Waals surface area contributed by atoms with Crippen molar-refractivity contribution in [1.82, 2.24) is 9.62 Å². The molecule has 12 heteroatoms. The molecule has 0 radical (unpaired) electrons. The van der Waals surface area contributed by atoms with Crippen molar-refractivity contribution in [3.63, 3.8) is 0 Å². The Hall–Kier alpha value is -2.74. The molecule has 3 aliphatic rings. The highest BCUT2D eigenvalue weighted by Crippen LogP contribution is 2.42. The summed E-state index contributed by atoms with van der Waals surface area (Å²) in [6, 6.07) is 14.7. The predicted molar refractivity (Wildman–Crippen MR) is 152 cm³/mol. The van der Waals surface area contributed by atoms with Gasteiger partial charge in [-0.25, -0.2) is 13.2 Å². The molecule has 0 aromatic heterocycles. The molecule has 7 atom stereocenters. The summed E-state index contributed by atoms with van der Waals surface area (Å²) in [6.07, 6.45) is -2.22. The minimum atomic E-state index is -3.96. The number of benzene rings is 2. The van der Waals surface area contributed by atoms with Crippen LogP contribution in [0.25, 0.3) is 0 Å². The smallest absolute Gasteiger partial charge is 0.407 e. The van der Waals surface area contributed by atoms with E-state index in [2.05, 4.69) is 5.32 Å². The van der Waals surface area contributed by atoms with Crippen molar-refractivity contribution in [1.29, 1.82) is 0 Å². The first-order valence-corrected chi connectivity index (χ1v) is 15.8. The average Bonchev–Trinajstić information content (AvgIpc) is 3.66. The fraction of sp³-hybridized carbons (Fsp3) is 0.567. The highest BCUT2D eigenvalue weighted by atomic mass is 32.2. The predicted octanol–water partition coefficient (Wildman–Crippen LogP) is 2.57. The summed E-state index contributed by atoms with van der Waals surface area (Å²) in [6.45, 7) is 4.54. The number of nitrogens with zero attached hydrogens (tertiary/aromatic N) is 1. The molecule has 1 amide bonds. The van der Waals surface area contributed by atoms with Gasteiger partial charge in [-0.05, 0) is 48.6 Å². The van der Waals surface area contributed by atoms with Crippen LogP contribution in [0.5, 0.6) is 5.75 Å². The van der Waals surface area contributed by atoms with E-state index in [1.54, 1.807) is 12.1 Å². The minimum Gasteiger partial charge on any atom is -0.497 e. The van der Waals surface area contributed by atoms with Crippen LogP contribution in [-0.4, -0.2) is 94.1 Å². The van der Waals surface area contributed by atoms with E-state index in [4.69, 9.17) is 23.7 Å². The number of nitrogens with one attached hydrogen (secondary N) is 1. The number of ether oxygens (including phenoxy) is 5. The van der Waals surface area contributed by atoms with Crippen LogP contribution in [0.2, 0.25) is 0 Å². The van der Waals surface area contributed by atoms with E-state index in [1.165, 1.54) is 23.5 Å². The summed E-state index contributed by atoms with van der Waals surface area (Å²) in [7, 11) is -2.45. The third-order valence-corrected chi connectivity index (χ3v) is 9.76. The third kappa shape index (κ3) is 6.90. The number of rotatable bonds is 12. The van der Waals surface area contributed by atoms with Crippen LogP contribution in [0, 0.1) is 11.8 Å². The van der Waals surface area contributed by atoms with Gasteiger partial charge in [0, 0.05) is 19.7 Å². The first kappa shape index (κ1) is 30.7. The summed E-state index contributed by atoms with van der Waals surface area (Å²) in [5, 5.41) is 14.3. The van der Waals surface area contributed by atoms with E-state index < -0.39 is 40.7 Å². The zero-order chi connectivity index (χ0) is 29.9. The highest BCUT2D eigenvalue weighted by molar-refractivity contribution is 7.89. The van der Waals surface area contributed by atoms with E-state index in [9.17, 15) is 18.3 Å². The van der Waals surface area contributed by atoms with Gasteiger partial charge in [-0.3, -0.25) is 0 Å². The fourth-order valence-corrected chi connectivity index (χ4v) is 7.47. The molecule has 3 fully saturated rings. The lowest BCUT2D eigenvalue weighted by molar-refractivity contribution is -0.116. The van der Waals surface area contributed by atoms with Crippen LogP contribution in [0.15, 0.2) is 59.5 Å². The topological polar surface area (TPSA) is 133 Å². The highest BCUT2D eigenvalue weighted by Gasteiger charge is 2.56. The lowest BCUT2D eigenvalue weighted by Crippen LogP contribution is -2.52. The number of aliphatic hydroxyl groups excluding tert-OH is 1. The number of sulfonamides is 1. The molecule has 0 saturated carbocycles. The summed E-state index contributed by atoms with van der Waals surface area (Å²) < 4.78 is 57.0. The summed E-state index contributed by atoms with van der Waals surface area (Å²) in [5.74, 6) is 0.298. The molecular formula is C30H40N2O9S. The summed E-state index contributed by atoms with van der Waals surface area (Å²) in [4.78, 5) is 13.3. The number of aliphatic hydroxyl groups is 1. The van der Waals surface area contributed by atoms with Crippen molar-refractivity contribution in [2.24, 2.45) is 11.8 Å². The van der Waals surface area contributed by atoms with Gasteiger partial charge < -0.3 is 34.1 Å². The normalized spacial score (nSPS) is 26.6. The van der Waals surface area contributed by atoms with Gasteiger partial charge in [0.05, 0.1) is 48.9 Å². The van der Waals surface area contributed by atoms with E-state index >= 15 is 0 Å². The Morgan fingerprint density at radius 3 is 2.52 bits per heavy atom. The van der Waals surface area contributed by atoms with Gasteiger partial charge in [-0.2, -0.15) is 4.31 Å². The summed E-state index contributed by atoms with van der Waals surface area (Å²) >= 11 is 0. The molecule has 0 spiro atoms. The Bertz CT molecular complexity index is 1290. The molecule has 3 saturated heterocycles. The van der Waals surface area contributed by atoms with Gasteiger partial charge in [-0.1, -0.05) is 44.2 Å². The Morgan fingerprint density at radius 2 is 1.83 bits per heavy atom. The average molecular weight is 605 g/mol. The second kappa shape index (κ2) is 13.3. The zero-order valence-electron chi connectivity index (χ0n) is 24.1. The number of alkyl carbamates (subject to hydrolysis) is 1. The van der Waals surface area contributed by atoms with Crippen LogP contribution in [0.3, 0.4) is 0 Å². The van der Waals surface area contributed by atoms with Crippen LogP contribution in [0.1, 0.15) is 25.8 Å². The SMILES string of the molecule is COc1ccc(S(=O)(=O)N(CC(C)C)C[C@@H](O)[C@H](Cc2ccccc2)NC(=O)O[C@H]2CO[C@H]3O[C@@H]4CCO[C@@H]4[C@H]32)cc1. The van der Waals surface area contributed by atoms with Gasteiger partial charge in [0.2, 0.25) is 10.0 Å². The first-order chi connectivity index (χ1) is 20.2. The van der Waals surface area contributed by atoms with E-state index in [0.717, 1.165) is 12.0 Å². The number of carbonyl (C=O) groups excluding carboxylic acids is 1. The number of hydrogen-bond donors (Lipinski definition) is 2. The van der Waals surface area contributed by atoms with Crippen molar-refractivity contribution in [2.75, 3.05) is 33.4 Å². The van der Waals surface area contributed by atoms with E-state index in [1.807, 2.05) is 44.2 Å². The molecule has 5 rings (SSSR count). The maximum Gasteiger partial charge on any atom is 0.407 e. The maximum absolute atomic E-state index is 13.7. The van der Waals surface area contributed by atoms with Crippen molar-refractivity contribution >= 4 is 16.1 Å². The zero-order valence-corrected chi connectivity index (χ0v) is 24.9. The van der Waals surface area contributed by atoms with Crippen LogP contribution in [-0.2, 0) is 35.4 Å². The number of amides is 1. The maximum atomic E-state index is 13.7. The Labute approximate surface area is 247 Å². The van der Waals surface area contributed by atoms with Gasteiger partial charge in [0.25, 0.3) is 0 Å². The largest absolute Gasteiger partial charge is 0.497 e. The second-order valence-corrected chi connectivity index (χ2v) is 13.4. The van der Waals surface area contributed by atoms with Gasteiger partial charge in [0.15, 0.2) is 6.29 Å². The molecule has 0 bridgehead atoms. The molecule has 230 valence electrons. The van der Waals surface area contributed by atoms with E-state index in [-0.39, 0.29) is 55.1 Å². The molecule has 2 aromatic carbocycles. The quantitative estimate of drug-likeness (QED) is 0.375. The Kier molecular flexibility index (Phi) is 9.70. The second-order valence-electron chi connectivity index (χ2n) is 11.4. The van der Waals surface area contributed by atoms with Gasteiger partial charge in [0.1, 0.15) is 11.9 Å². The van der Waals surface area contributed by atoms with Crippen LogP contribution in [0.4, 0.5) is 4.79 Å².